The highest BCUT2D eigenvalue weighted by molar-refractivity contribution is 6.09. The third-order valence-electron chi connectivity index (χ3n) is 9.58. The molecular weight excluding hydrogens is 656 g/mol. The van der Waals surface area contributed by atoms with E-state index in [4.69, 9.17) is 9.25 Å². The molecule has 0 atom stereocenters. The quantitative estimate of drug-likeness (QED) is 0.162. The normalized spacial score (nSPS) is 15.4. The number of nitrogens with one attached hydrogen (secondary N) is 2. The number of carbonyl (C=O) groups is 4. The molecule has 0 radical (unpaired) electrons. The summed E-state index contributed by atoms with van der Waals surface area (Å²) in [5, 5.41) is 5.74. The van der Waals surface area contributed by atoms with Gasteiger partial charge in [0, 0.05) is 83.6 Å². The van der Waals surface area contributed by atoms with Gasteiger partial charge in [-0.15, -0.1) is 5.06 Å². The van der Waals surface area contributed by atoms with Gasteiger partial charge in [0.05, 0.1) is 12.0 Å². The highest BCUT2D eigenvalue weighted by Gasteiger charge is 2.37. The molecule has 0 saturated carbocycles. The molecule has 10 nitrogen and oxygen atoms in total. The summed E-state index contributed by atoms with van der Waals surface area (Å²) >= 11 is 0. The minimum atomic E-state index is -0.621. The molecule has 0 unspecified atom stereocenters. The molecule has 1 aliphatic carbocycles. The minimum Gasteiger partial charge on any atom is -0.456 e. The maximum absolute atomic E-state index is 14.3. The Bertz CT molecular complexity index is 2350. The summed E-state index contributed by atoms with van der Waals surface area (Å²) in [5.74, 6) is -1.67. The molecular formula is C42H35N4O6+. The molecule has 0 spiro atoms. The molecule has 2 N–H and O–H groups in total. The summed E-state index contributed by atoms with van der Waals surface area (Å²) < 4.78 is 6.61. The van der Waals surface area contributed by atoms with E-state index in [1.807, 2.05) is 121 Å². The van der Waals surface area contributed by atoms with Crippen molar-refractivity contribution in [2.75, 3.05) is 18.4 Å². The monoisotopic (exact) mass is 691 g/mol. The predicted octanol–water partition coefficient (Wildman–Crippen LogP) is 5.72. The second-order valence-corrected chi connectivity index (χ2v) is 13.0. The van der Waals surface area contributed by atoms with Gasteiger partial charge in [-0.3, -0.25) is 14.4 Å². The van der Waals surface area contributed by atoms with E-state index >= 15 is 0 Å². The predicted molar refractivity (Wildman–Crippen MR) is 194 cm³/mol. The zero-order valence-corrected chi connectivity index (χ0v) is 28.2. The molecule has 4 aromatic carbocycles. The molecule has 8 rings (SSSR count). The van der Waals surface area contributed by atoms with Crippen molar-refractivity contribution in [3.05, 3.63) is 132 Å². The number of amides is 3. The largest absolute Gasteiger partial charge is 0.456 e. The van der Waals surface area contributed by atoms with Crippen molar-refractivity contribution in [2.45, 2.75) is 25.7 Å². The molecule has 0 bridgehead atoms. The first-order valence-electron chi connectivity index (χ1n) is 17.4. The molecule has 10 heteroatoms. The van der Waals surface area contributed by atoms with Crippen molar-refractivity contribution in [1.29, 1.82) is 0 Å². The van der Waals surface area contributed by atoms with Crippen molar-refractivity contribution in [3.8, 4) is 22.5 Å². The van der Waals surface area contributed by atoms with E-state index in [1.165, 1.54) is 0 Å². The molecule has 4 aromatic rings. The average molecular weight is 692 g/mol. The van der Waals surface area contributed by atoms with E-state index in [0.29, 0.717) is 47.9 Å². The van der Waals surface area contributed by atoms with Gasteiger partial charge in [0.25, 0.3) is 17.7 Å². The van der Waals surface area contributed by atoms with Gasteiger partial charge in [0.2, 0.25) is 11.0 Å². The van der Waals surface area contributed by atoms with Gasteiger partial charge in [-0.25, -0.2) is 9.79 Å². The number of benzene rings is 5. The van der Waals surface area contributed by atoms with E-state index in [9.17, 15) is 19.2 Å². The van der Waals surface area contributed by atoms with Gasteiger partial charge >= 0.3 is 5.97 Å². The van der Waals surface area contributed by atoms with Crippen molar-refractivity contribution >= 4 is 51.7 Å². The smallest absolute Gasteiger partial charge is 0.336 e. The van der Waals surface area contributed by atoms with Crippen LogP contribution in [0.4, 0.5) is 17.1 Å². The number of hydrogen-bond donors (Lipinski definition) is 2. The lowest BCUT2D eigenvalue weighted by atomic mass is 9.89. The van der Waals surface area contributed by atoms with Crippen LogP contribution < -0.4 is 15.7 Å². The molecule has 258 valence electrons. The summed E-state index contributed by atoms with van der Waals surface area (Å²) in [7, 11) is 0. The van der Waals surface area contributed by atoms with Crippen molar-refractivity contribution < 1.29 is 33.4 Å². The number of piperidine rings is 1. The maximum Gasteiger partial charge on any atom is 0.336 e. The number of carbonyl (C=O) groups excluding carboxylic acids is 4. The summed E-state index contributed by atoms with van der Waals surface area (Å²) in [5.41, 5.74) is 6.42. The van der Waals surface area contributed by atoms with Gasteiger partial charge in [0.15, 0.2) is 0 Å². The first-order valence-corrected chi connectivity index (χ1v) is 17.4. The molecule has 3 heterocycles. The maximum atomic E-state index is 14.3. The molecule has 0 aromatic heterocycles. The van der Waals surface area contributed by atoms with E-state index < -0.39 is 23.7 Å². The lowest BCUT2D eigenvalue weighted by molar-refractivity contribution is -0.402. The van der Waals surface area contributed by atoms with Gasteiger partial charge < -0.3 is 19.5 Å². The fourth-order valence-electron chi connectivity index (χ4n) is 6.91. The molecule has 3 amide bonds. The fraction of sp³-hybridized carbons (Fsp3) is 0.167. The first-order chi connectivity index (χ1) is 25.4. The molecule has 52 heavy (non-hydrogen) atoms. The van der Waals surface area contributed by atoms with Crippen molar-refractivity contribution in [1.82, 2.24) is 9.96 Å². The fourth-order valence-corrected chi connectivity index (χ4v) is 6.91. The second kappa shape index (κ2) is 14.0. The molecule has 4 aliphatic rings. The van der Waals surface area contributed by atoms with Gasteiger partial charge in [-0.2, -0.15) is 0 Å². The molecule has 2 saturated heterocycles. The second-order valence-electron chi connectivity index (χ2n) is 13.0. The SMILES string of the molecule is O=C(ON1C(=O)CCC1=O)C1CCN(C(=O)c2ccccc2-c2c3ccc(=[NH+]c4ccccc4)cc-3oc3cc(Nc4ccccc4)ccc23)CC1. The lowest BCUT2D eigenvalue weighted by Crippen LogP contribution is -2.70. The average Bonchev–Trinajstić information content (AvgIpc) is 3.49. The van der Waals surface area contributed by atoms with Crippen LogP contribution in [0.2, 0.25) is 0 Å². The minimum absolute atomic E-state index is 0.0377. The van der Waals surface area contributed by atoms with Crippen LogP contribution in [0.25, 0.3) is 33.4 Å². The Morgan fingerprint density at radius 3 is 2.17 bits per heavy atom. The van der Waals surface area contributed by atoms with E-state index in [-0.39, 0.29) is 18.7 Å². The zero-order valence-electron chi connectivity index (χ0n) is 28.2. The Hall–Kier alpha value is -6.55. The summed E-state index contributed by atoms with van der Waals surface area (Å²) in [6, 6.07) is 39.4. The van der Waals surface area contributed by atoms with E-state index in [0.717, 1.165) is 44.5 Å². The lowest BCUT2D eigenvalue weighted by Gasteiger charge is -2.32. The van der Waals surface area contributed by atoms with Crippen LogP contribution >= 0.6 is 0 Å². The van der Waals surface area contributed by atoms with Crippen LogP contribution in [-0.2, 0) is 19.2 Å². The van der Waals surface area contributed by atoms with Gasteiger partial charge in [-0.05, 0) is 54.8 Å². The van der Waals surface area contributed by atoms with Crippen LogP contribution in [0, 0.1) is 5.92 Å². The third-order valence-corrected chi connectivity index (χ3v) is 9.58. The summed E-state index contributed by atoms with van der Waals surface area (Å²) in [6.07, 6.45) is 0.785. The standard InChI is InChI=1S/C42H34N4O6/c47-38-19-20-39(48)46(38)52-42(50)27-21-23-45(24-22-27)41(49)33-14-8-7-13-32(33)40-34-17-15-30(43-28-9-3-1-4-10-28)25-36(34)51-37-26-31(16-18-35(37)40)44-29-11-5-2-6-12-29/h1-18,25-27,43H,19-24H2/p+1. The Kier molecular flexibility index (Phi) is 8.78. The number of fused-ring (bicyclic) bond motifs is 2. The Morgan fingerprint density at radius 2 is 1.42 bits per heavy atom. The molecule has 2 fully saturated rings. The van der Waals surface area contributed by atoms with Crippen LogP contribution in [0.5, 0.6) is 0 Å². The summed E-state index contributed by atoms with van der Waals surface area (Å²) in [4.78, 5) is 61.4. The first kappa shape index (κ1) is 32.6. The highest BCUT2D eigenvalue weighted by atomic mass is 16.7. The number of likely N-dealkylation sites (tertiary alicyclic amines) is 1. The molecule has 3 aliphatic heterocycles. The Balaban J connectivity index is 1.15. The van der Waals surface area contributed by atoms with Gasteiger partial charge in [-0.1, -0.05) is 54.6 Å². The number of rotatable bonds is 7. The number of hydroxylamine groups is 2. The number of nitrogens with zero attached hydrogens (tertiary/aromatic N) is 2. The van der Waals surface area contributed by atoms with Crippen molar-refractivity contribution in [2.24, 2.45) is 5.92 Å². The van der Waals surface area contributed by atoms with Crippen LogP contribution in [-0.4, -0.2) is 46.7 Å². The number of anilines is 2. The number of para-hydroxylation sites is 2. The third kappa shape index (κ3) is 6.54. The van der Waals surface area contributed by atoms with E-state index in [2.05, 4.69) is 10.3 Å². The number of imide groups is 1. The Labute approximate surface area is 299 Å². The van der Waals surface area contributed by atoms with Crippen LogP contribution in [0.1, 0.15) is 36.0 Å². The van der Waals surface area contributed by atoms with Crippen molar-refractivity contribution in [3.63, 3.8) is 0 Å². The number of hydrogen-bond acceptors (Lipinski definition) is 7. The van der Waals surface area contributed by atoms with Gasteiger partial charge in [0.1, 0.15) is 11.3 Å². The topological polar surface area (TPSA) is 123 Å². The summed E-state index contributed by atoms with van der Waals surface area (Å²) in [6.45, 7) is 0.646. The van der Waals surface area contributed by atoms with Crippen LogP contribution in [0.15, 0.2) is 126 Å². The van der Waals surface area contributed by atoms with E-state index in [1.54, 1.807) is 4.90 Å². The van der Waals surface area contributed by atoms with Crippen LogP contribution in [0.3, 0.4) is 0 Å². The zero-order chi connectivity index (χ0) is 35.6. The highest BCUT2D eigenvalue weighted by Crippen LogP contribution is 2.42. The Morgan fingerprint density at radius 1 is 0.731 bits per heavy atom.